The molecule has 0 spiro atoms. The van der Waals surface area contributed by atoms with Gasteiger partial charge in [0.1, 0.15) is 10.0 Å². The lowest BCUT2D eigenvalue weighted by molar-refractivity contribution is 0.603. The highest BCUT2D eigenvalue weighted by Crippen LogP contribution is 2.23. The van der Waals surface area contributed by atoms with Crippen LogP contribution >= 0.6 is 33.9 Å². The van der Waals surface area contributed by atoms with Crippen LogP contribution in [0.15, 0.2) is 34.7 Å². The molecule has 18 heavy (non-hydrogen) atoms. The number of hydrogen-bond donors (Lipinski definition) is 1. The van der Waals surface area contributed by atoms with E-state index in [1.165, 1.54) is 11.3 Å². The Morgan fingerprint density at radius 2 is 2.11 bits per heavy atom. The first-order valence-electron chi connectivity index (χ1n) is 5.24. The van der Waals surface area contributed by atoms with Crippen LogP contribution in [0.4, 0.5) is 5.82 Å². The molecule has 7 heteroatoms. The molecule has 96 valence electrons. The minimum Gasteiger partial charge on any atom is -0.263 e. The lowest BCUT2D eigenvalue weighted by atomic mass is 10.4. The summed E-state index contributed by atoms with van der Waals surface area (Å²) in [5.41, 5.74) is 0. The topological polar surface area (TPSA) is 59.1 Å². The number of pyridine rings is 1. The molecule has 0 aliphatic carbocycles. The van der Waals surface area contributed by atoms with Crippen LogP contribution < -0.4 is 4.72 Å². The zero-order chi connectivity index (χ0) is 13.2. The van der Waals surface area contributed by atoms with E-state index in [0.717, 1.165) is 14.9 Å². The summed E-state index contributed by atoms with van der Waals surface area (Å²) in [6, 6.07) is 6.91. The number of halogens is 1. The Balaban J connectivity index is 2.24. The number of sulfonamides is 1. The standard InChI is InChI=1S/C11H11IN2O2S2/c1-2-9-4-6-11(17-9)18(15,16)14-10-5-3-8(12)7-13-10/h3-7H,2H2,1H3,(H,13,14). The molecule has 0 radical (unpaired) electrons. The van der Waals surface area contributed by atoms with E-state index in [2.05, 4.69) is 32.3 Å². The van der Waals surface area contributed by atoms with Crippen molar-refractivity contribution in [2.24, 2.45) is 0 Å². The molecule has 0 amide bonds. The fourth-order valence-corrected chi connectivity index (χ4v) is 3.94. The maximum Gasteiger partial charge on any atom is 0.272 e. The Morgan fingerprint density at radius 3 is 2.67 bits per heavy atom. The van der Waals surface area contributed by atoms with Crippen LogP contribution in [0.3, 0.4) is 0 Å². The van der Waals surface area contributed by atoms with Crippen molar-refractivity contribution in [3.63, 3.8) is 0 Å². The van der Waals surface area contributed by atoms with Gasteiger partial charge in [0.15, 0.2) is 0 Å². The fraction of sp³-hybridized carbons (Fsp3) is 0.182. The SMILES string of the molecule is CCc1ccc(S(=O)(=O)Nc2ccc(I)cn2)s1. The van der Waals surface area contributed by atoms with Gasteiger partial charge in [0.05, 0.1) is 0 Å². The smallest absolute Gasteiger partial charge is 0.263 e. The number of hydrogen-bond acceptors (Lipinski definition) is 4. The minimum absolute atomic E-state index is 0.319. The second-order valence-corrected chi connectivity index (χ2v) is 7.86. The molecule has 0 aromatic carbocycles. The van der Waals surface area contributed by atoms with Crippen LogP contribution in [0.5, 0.6) is 0 Å². The van der Waals surface area contributed by atoms with Gasteiger partial charge in [0, 0.05) is 14.6 Å². The zero-order valence-electron chi connectivity index (χ0n) is 9.55. The zero-order valence-corrected chi connectivity index (χ0v) is 13.3. The largest absolute Gasteiger partial charge is 0.272 e. The Morgan fingerprint density at radius 1 is 1.33 bits per heavy atom. The van der Waals surface area contributed by atoms with Gasteiger partial charge in [-0.2, -0.15) is 0 Å². The monoisotopic (exact) mass is 394 g/mol. The molecule has 0 atom stereocenters. The van der Waals surface area contributed by atoms with Crippen LogP contribution in [-0.4, -0.2) is 13.4 Å². The number of nitrogens with zero attached hydrogens (tertiary/aromatic N) is 1. The van der Waals surface area contributed by atoms with Crippen molar-refractivity contribution in [2.75, 3.05) is 4.72 Å². The van der Waals surface area contributed by atoms with Gasteiger partial charge >= 0.3 is 0 Å². The first-order valence-corrected chi connectivity index (χ1v) is 8.62. The van der Waals surface area contributed by atoms with Gasteiger partial charge in [-0.05, 0) is 53.3 Å². The maximum absolute atomic E-state index is 12.1. The second kappa shape index (κ2) is 5.54. The highest BCUT2D eigenvalue weighted by atomic mass is 127. The lowest BCUT2D eigenvalue weighted by Crippen LogP contribution is -2.12. The van der Waals surface area contributed by atoms with E-state index in [1.54, 1.807) is 24.4 Å². The fourth-order valence-electron chi connectivity index (χ4n) is 1.32. The summed E-state index contributed by atoms with van der Waals surface area (Å²) < 4.78 is 27.9. The summed E-state index contributed by atoms with van der Waals surface area (Å²) in [5.74, 6) is 0.335. The minimum atomic E-state index is -3.51. The van der Waals surface area contributed by atoms with E-state index in [-0.39, 0.29) is 0 Å². The van der Waals surface area contributed by atoms with Gasteiger partial charge in [-0.1, -0.05) is 6.92 Å². The van der Waals surface area contributed by atoms with Crippen LogP contribution in [0.25, 0.3) is 0 Å². The first-order chi connectivity index (χ1) is 8.51. The van der Waals surface area contributed by atoms with Crippen molar-refractivity contribution < 1.29 is 8.42 Å². The van der Waals surface area contributed by atoms with Gasteiger partial charge in [0.2, 0.25) is 0 Å². The van der Waals surface area contributed by atoms with Crippen molar-refractivity contribution in [3.8, 4) is 0 Å². The molecule has 2 heterocycles. The van der Waals surface area contributed by atoms with E-state index in [9.17, 15) is 8.42 Å². The molecule has 2 aromatic rings. The molecular weight excluding hydrogens is 383 g/mol. The number of anilines is 1. The van der Waals surface area contributed by atoms with Crippen molar-refractivity contribution >= 4 is 49.8 Å². The van der Waals surface area contributed by atoms with Crippen LogP contribution in [0.1, 0.15) is 11.8 Å². The molecule has 0 aliphatic heterocycles. The van der Waals surface area contributed by atoms with Crippen molar-refractivity contribution in [1.29, 1.82) is 0 Å². The van der Waals surface area contributed by atoms with Gasteiger partial charge in [-0.3, -0.25) is 4.72 Å². The van der Waals surface area contributed by atoms with Crippen LogP contribution in [0, 0.1) is 3.57 Å². The molecule has 2 rings (SSSR count). The average molecular weight is 394 g/mol. The summed E-state index contributed by atoms with van der Waals surface area (Å²) in [4.78, 5) is 5.07. The molecule has 0 aliphatic rings. The van der Waals surface area contributed by atoms with Gasteiger partial charge in [-0.15, -0.1) is 11.3 Å². The lowest BCUT2D eigenvalue weighted by Gasteiger charge is -2.04. The quantitative estimate of drug-likeness (QED) is 0.811. The van der Waals surface area contributed by atoms with Crippen molar-refractivity contribution in [1.82, 2.24) is 4.98 Å². The molecule has 2 aromatic heterocycles. The Labute approximate surface area is 124 Å². The number of rotatable bonds is 4. The van der Waals surface area contributed by atoms with E-state index >= 15 is 0 Å². The molecule has 4 nitrogen and oxygen atoms in total. The molecule has 1 N–H and O–H groups in total. The Bertz CT molecular complexity index is 635. The number of aryl methyl sites for hydroxylation is 1. The van der Waals surface area contributed by atoms with E-state index in [1.807, 2.05) is 13.0 Å². The number of nitrogens with one attached hydrogen (secondary N) is 1. The third-order valence-electron chi connectivity index (χ3n) is 2.22. The predicted octanol–water partition coefficient (Wildman–Crippen LogP) is 3.11. The van der Waals surface area contributed by atoms with Gasteiger partial charge < -0.3 is 0 Å². The molecule has 0 unspecified atom stereocenters. The number of thiophene rings is 1. The molecule has 0 saturated carbocycles. The maximum atomic E-state index is 12.1. The normalized spacial score (nSPS) is 11.4. The summed E-state index contributed by atoms with van der Waals surface area (Å²) in [7, 11) is -3.51. The highest BCUT2D eigenvalue weighted by molar-refractivity contribution is 14.1. The first kappa shape index (κ1) is 13.8. The highest BCUT2D eigenvalue weighted by Gasteiger charge is 2.17. The summed E-state index contributed by atoms with van der Waals surface area (Å²) >= 11 is 3.40. The predicted molar refractivity (Wildman–Crippen MR) is 81.5 cm³/mol. The van der Waals surface area contributed by atoms with Crippen LogP contribution in [0.2, 0.25) is 0 Å². The van der Waals surface area contributed by atoms with Crippen molar-refractivity contribution in [3.05, 3.63) is 38.9 Å². The third-order valence-corrected chi connectivity index (χ3v) is 5.93. The van der Waals surface area contributed by atoms with Crippen molar-refractivity contribution in [2.45, 2.75) is 17.6 Å². The molecule has 0 saturated heterocycles. The molecular formula is C11H11IN2O2S2. The van der Waals surface area contributed by atoms with Crippen LogP contribution in [-0.2, 0) is 16.4 Å². The summed E-state index contributed by atoms with van der Waals surface area (Å²) in [6.45, 7) is 2.00. The van der Waals surface area contributed by atoms with E-state index in [4.69, 9.17) is 0 Å². The summed E-state index contributed by atoms with van der Waals surface area (Å²) in [5, 5.41) is 0. The third kappa shape index (κ3) is 3.21. The Hall–Kier alpha value is -0.670. The van der Waals surface area contributed by atoms with E-state index in [0.29, 0.717) is 10.0 Å². The molecule has 0 bridgehead atoms. The molecule has 0 fully saturated rings. The van der Waals surface area contributed by atoms with E-state index < -0.39 is 10.0 Å². The average Bonchev–Trinajstić information content (AvgIpc) is 2.81. The number of aromatic nitrogens is 1. The Kier molecular flexibility index (Phi) is 4.23. The second-order valence-electron chi connectivity index (χ2n) is 3.54. The van der Waals surface area contributed by atoms with Gasteiger partial charge in [0.25, 0.3) is 10.0 Å². The summed E-state index contributed by atoms with van der Waals surface area (Å²) in [6.07, 6.45) is 2.45. The van der Waals surface area contributed by atoms with Gasteiger partial charge in [-0.25, -0.2) is 13.4 Å².